The van der Waals surface area contributed by atoms with Gasteiger partial charge in [0.05, 0.1) is 0 Å². The highest BCUT2D eigenvalue weighted by molar-refractivity contribution is 9.10. The number of para-hydroxylation sites is 1. The molecule has 0 amide bonds. The molecule has 4 aromatic rings. The van der Waals surface area contributed by atoms with Crippen LogP contribution in [-0.4, -0.2) is 19.7 Å². The van der Waals surface area contributed by atoms with Gasteiger partial charge in [0, 0.05) is 33.9 Å². The van der Waals surface area contributed by atoms with Crippen molar-refractivity contribution in [1.82, 2.24) is 19.7 Å². The largest absolute Gasteiger partial charge is 0.270 e. The summed E-state index contributed by atoms with van der Waals surface area (Å²) in [6.45, 7) is 0. The summed E-state index contributed by atoms with van der Waals surface area (Å²) in [6.07, 6.45) is 3.57. The maximum Gasteiger partial charge on any atom is 0.196 e. The molecule has 0 N–H and O–H groups in total. The van der Waals surface area contributed by atoms with Crippen LogP contribution in [0.2, 0.25) is 0 Å². The Bertz CT molecular complexity index is 1000. The van der Waals surface area contributed by atoms with E-state index in [-0.39, 0.29) is 0 Å². The molecule has 0 aliphatic carbocycles. The molecule has 2 aromatic heterocycles. The van der Waals surface area contributed by atoms with E-state index in [2.05, 4.69) is 59.9 Å². The molecule has 0 aliphatic rings. The molecule has 0 fully saturated rings. The summed E-state index contributed by atoms with van der Waals surface area (Å²) in [4.78, 5) is 4.22. The van der Waals surface area contributed by atoms with E-state index in [0.717, 1.165) is 32.5 Å². The van der Waals surface area contributed by atoms with Crippen LogP contribution >= 0.6 is 27.7 Å². The van der Waals surface area contributed by atoms with Crippen molar-refractivity contribution in [1.29, 1.82) is 0 Å². The first-order valence-corrected chi connectivity index (χ1v) is 9.87. The molecule has 4 rings (SSSR count). The van der Waals surface area contributed by atoms with E-state index in [1.807, 2.05) is 48.7 Å². The molecule has 6 heteroatoms. The topological polar surface area (TPSA) is 43.6 Å². The number of nitrogens with zero attached hydrogens (tertiary/aromatic N) is 4. The van der Waals surface area contributed by atoms with E-state index in [1.54, 1.807) is 18.0 Å². The van der Waals surface area contributed by atoms with Gasteiger partial charge in [-0.2, -0.15) is 0 Å². The van der Waals surface area contributed by atoms with Crippen molar-refractivity contribution in [2.24, 2.45) is 0 Å². The Morgan fingerprint density at radius 2 is 1.81 bits per heavy atom. The summed E-state index contributed by atoms with van der Waals surface area (Å²) in [6, 6.07) is 22.4. The highest BCUT2D eigenvalue weighted by Gasteiger charge is 2.16. The van der Waals surface area contributed by atoms with Crippen molar-refractivity contribution >= 4 is 27.7 Å². The van der Waals surface area contributed by atoms with E-state index in [9.17, 15) is 0 Å². The second-order valence-electron chi connectivity index (χ2n) is 5.64. The van der Waals surface area contributed by atoms with Gasteiger partial charge < -0.3 is 0 Å². The maximum atomic E-state index is 4.44. The first-order valence-electron chi connectivity index (χ1n) is 8.10. The van der Waals surface area contributed by atoms with Crippen LogP contribution in [0.5, 0.6) is 0 Å². The van der Waals surface area contributed by atoms with Gasteiger partial charge in [0.2, 0.25) is 0 Å². The fraction of sp³-hybridized carbons (Fsp3) is 0.0500. The standard InChI is InChI=1S/C20H15BrN4S/c21-17-8-4-6-15(12-17)14-26-20-24-23-19(16-7-5-11-22-13-16)25(20)18-9-2-1-3-10-18/h1-13H,14H2. The Labute approximate surface area is 164 Å². The van der Waals surface area contributed by atoms with Crippen molar-refractivity contribution in [3.63, 3.8) is 0 Å². The van der Waals surface area contributed by atoms with Crippen molar-refractivity contribution in [2.75, 3.05) is 0 Å². The highest BCUT2D eigenvalue weighted by atomic mass is 79.9. The normalized spacial score (nSPS) is 10.8. The minimum atomic E-state index is 0.793. The number of halogens is 1. The van der Waals surface area contributed by atoms with Crippen molar-refractivity contribution < 1.29 is 0 Å². The van der Waals surface area contributed by atoms with Gasteiger partial charge in [-0.15, -0.1) is 10.2 Å². The molecule has 4 nitrogen and oxygen atoms in total. The fourth-order valence-corrected chi connectivity index (χ4v) is 3.97. The third-order valence-corrected chi connectivity index (χ3v) is 5.32. The fourth-order valence-electron chi connectivity index (χ4n) is 2.63. The molecule has 26 heavy (non-hydrogen) atoms. The van der Waals surface area contributed by atoms with E-state index in [1.165, 1.54) is 5.56 Å². The van der Waals surface area contributed by atoms with Crippen LogP contribution in [0.4, 0.5) is 0 Å². The van der Waals surface area contributed by atoms with E-state index in [4.69, 9.17) is 0 Å². The van der Waals surface area contributed by atoms with Gasteiger partial charge in [-0.3, -0.25) is 9.55 Å². The molecule has 0 saturated carbocycles. The quantitative estimate of drug-likeness (QED) is 0.404. The SMILES string of the molecule is Brc1cccc(CSc2nnc(-c3cccnc3)n2-c2ccccc2)c1. The lowest BCUT2D eigenvalue weighted by molar-refractivity contribution is 0.886. The minimum Gasteiger partial charge on any atom is -0.270 e. The molecule has 0 spiro atoms. The van der Waals surface area contributed by atoms with Crippen LogP contribution in [-0.2, 0) is 5.75 Å². The van der Waals surface area contributed by atoms with Crippen molar-refractivity contribution in [2.45, 2.75) is 10.9 Å². The molecule has 0 saturated heterocycles. The third-order valence-electron chi connectivity index (χ3n) is 3.82. The number of rotatable bonds is 5. The average molecular weight is 423 g/mol. The first-order chi connectivity index (χ1) is 12.8. The van der Waals surface area contributed by atoms with Gasteiger partial charge >= 0.3 is 0 Å². The summed E-state index contributed by atoms with van der Waals surface area (Å²) in [5, 5.41) is 9.73. The molecule has 2 heterocycles. The molecule has 0 bridgehead atoms. The molecule has 0 aliphatic heterocycles. The molecule has 0 radical (unpaired) electrons. The Hall–Kier alpha value is -2.44. The van der Waals surface area contributed by atoms with Gasteiger partial charge in [0.15, 0.2) is 11.0 Å². The predicted octanol–water partition coefficient (Wildman–Crippen LogP) is 5.38. The van der Waals surface area contributed by atoms with Crippen LogP contribution in [0.15, 0.2) is 88.8 Å². The summed E-state index contributed by atoms with van der Waals surface area (Å²) >= 11 is 5.19. The summed E-state index contributed by atoms with van der Waals surface area (Å²) in [5.41, 5.74) is 3.21. The van der Waals surface area contributed by atoms with Crippen LogP contribution in [0, 0.1) is 0 Å². The number of pyridine rings is 1. The summed E-state index contributed by atoms with van der Waals surface area (Å²) < 4.78 is 3.16. The van der Waals surface area contributed by atoms with Crippen LogP contribution in [0.1, 0.15) is 5.56 Å². The van der Waals surface area contributed by atoms with Gasteiger partial charge in [-0.25, -0.2) is 0 Å². The lowest BCUT2D eigenvalue weighted by atomic mass is 10.2. The molecule has 0 atom stereocenters. The van der Waals surface area contributed by atoms with E-state index in [0.29, 0.717) is 0 Å². The number of hydrogen-bond donors (Lipinski definition) is 0. The Kier molecular flexibility index (Phi) is 5.13. The monoisotopic (exact) mass is 422 g/mol. The molecule has 128 valence electrons. The zero-order chi connectivity index (χ0) is 17.8. The van der Waals surface area contributed by atoms with Crippen LogP contribution in [0.25, 0.3) is 17.1 Å². The van der Waals surface area contributed by atoms with Gasteiger partial charge in [0.1, 0.15) is 0 Å². The second-order valence-corrected chi connectivity index (χ2v) is 7.50. The molecule has 0 unspecified atom stereocenters. The molecule has 2 aromatic carbocycles. The zero-order valence-electron chi connectivity index (χ0n) is 13.8. The summed E-state index contributed by atoms with van der Waals surface area (Å²) in [5.74, 6) is 1.61. The first kappa shape index (κ1) is 17.0. The third kappa shape index (κ3) is 3.71. The Morgan fingerprint density at radius 3 is 2.58 bits per heavy atom. The number of benzene rings is 2. The second kappa shape index (κ2) is 7.85. The lowest BCUT2D eigenvalue weighted by Crippen LogP contribution is -1.99. The Morgan fingerprint density at radius 1 is 0.923 bits per heavy atom. The summed E-state index contributed by atoms with van der Waals surface area (Å²) in [7, 11) is 0. The van der Waals surface area contributed by atoms with Crippen molar-refractivity contribution in [3.05, 3.63) is 89.2 Å². The molecular weight excluding hydrogens is 408 g/mol. The van der Waals surface area contributed by atoms with E-state index < -0.39 is 0 Å². The Balaban J connectivity index is 1.72. The smallest absolute Gasteiger partial charge is 0.196 e. The predicted molar refractivity (Wildman–Crippen MR) is 108 cm³/mol. The van der Waals surface area contributed by atoms with Gasteiger partial charge in [-0.1, -0.05) is 58.0 Å². The average Bonchev–Trinajstić information content (AvgIpc) is 3.12. The van der Waals surface area contributed by atoms with Crippen molar-refractivity contribution in [3.8, 4) is 17.1 Å². The zero-order valence-corrected chi connectivity index (χ0v) is 16.2. The van der Waals surface area contributed by atoms with Crippen LogP contribution in [0.3, 0.4) is 0 Å². The lowest BCUT2D eigenvalue weighted by Gasteiger charge is -2.10. The number of aromatic nitrogens is 4. The molecular formula is C20H15BrN4S. The number of thioether (sulfide) groups is 1. The van der Waals surface area contributed by atoms with E-state index >= 15 is 0 Å². The number of hydrogen-bond acceptors (Lipinski definition) is 4. The highest BCUT2D eigenvalue weighted by Crippen LogP contribution is 2.29. The minimum absolute atomic E-state index is 0.793. The maximum absolute atomic E-state index is 4.44. The van der Waals surface area contributed by atoms with Gasteiger partial charge in [-0.05, 0) is 42.0 Å². The van der Waals surface area contributed by atoms with Crippen LogP contribution < -0.4 is 0 Å². The van der Waals surface area contributed by atoms with Gasteiger partial charge in [0.25, 0.3) is 0 Å².